The number of carbonyl (C=O) groups is 2. The van der Waals surface area contributed by atoms with Gasteiger partial charge >= 0.3 is 11.9 Å². The maximum atomic E-state index is 11.9. The van der Waals surface area contributed by atoms with Crippen LogP contribution in [-0.2, 0) is 4.74 Å². The Hall–Kier alpha value is -1.84. The van der Waals surface area contributed by atoms with Gasteiger partial charge in [0.05, 0.1) is 17.7 Å². The summed E-state index contributed by atoms with van der Waals surface area (Å²) in [4.78, 5) is 22.7. The van der Waals surface area contributed by atoms with Crippen molar-refractivity contribution in [3.8, 4) is 0 Å². The first-order chi connectivity index (χ1) is 13.1. The molecule has 1 aromatic carbocycles. The standard InChI is InChI=1S/C23H36O4/c1-2-3-4-5-6-7-8-9-10-11-12-13-14-19-27-23(26)21-17-15-20(16-18-21)22(24)25/h15-18H,2-14,19H2,1H3,(H,24,25). The second kappa shape index (κ2) is 15.2. The molecular formula is C23H36O4. The topological polar surface area (TPSA) is 63.6 Å². The minimum atomic E-state index is -0.998. The Morgan fingerprint density at radius 2 is 1.11 bits per heavy atom. The first-order valence-corrected chi connectivity index (χ1v) is 10.7. The maximum Gasteiger partial charge on any atom is 0.338 e. The second-order valence-electron chi connectivity index (χ2n) is 7.26. The van der Waals surface area contributed by atoms with E-state index >= 15 is 0 Å². The Morgan fingerprint density at radius 3 is 1.56 bits per heavy atom. The number of unbranched alkanes of at least 4 members (excludes halogenated alkanes) is 12. The van der Waals surface area contributed by atoms with Crippen molar-refractivity contribution < 1.29 is 19.4 Å². The summed E-state index contributed by atoms with van der Waals surface area (Å²) in [5.41, 5.74) is 0.567. The largest absolute Gasteiger partial charge is 0.478 e. The lowest BCUT2D eigenvalue weighted by atomic mass is 10.0. The predicted molar refractivity (Wildman–Crippen MR) is 109 cm³/mol. The van der Waals surface area contributed by atoms with Gasteiger partial charge in [0, 0.05) is 0 Å². The van der Waals surface area contributed by atoms with Crippen molar-refractivity contribution in [3.63, 3.8) is 0 Å². The summed E-state index contributed by atoms with van der Waals surface area (Å²) in [7, 11) is 0. The number of hydrogen-bond donors (Lipinski definition) is 1. The quantitative estimate of drug-likeness (QED) is 0.260. The van der Waals surface area contributed by atoms with Gasteiger partial charge in [-0.3, -0.25) is 0 Å². The molecule has 0 amide bonds. The van der Waals surface area contributed by atoms with Gasteiger partial charge < -0.3 is 9.84 Å². The van der Waals surface area contributed by atoms with Crippen molar-refractivity contribution >= 4 is 11.9 Å². The van der Waals surface area contributed by atoms with Crippen LogP contribution in [0.25, 0.3) is 0 Å². The number of carboxylic acids is 1. The van der Waals surface area contributed by atoms with Gasteiger partial charge in [-0.25, -0.2) is 9.59 Å². The zero-order valence-electron chi connectivity index (χ0n) is 16.9. The summed E-state index contributed by atoms with van der Waals surface area (Å²) in [5, 5.41) is 8.84. The lowest BCUT2D eigenvalue weighted by Gasteiger charge is -2.05. The van der Waals surface area contributed by atoms with Crippen LogP contribution < -0.4 is 0 Å². The second-order valence-corrected chi connectivity index (χ2v) is 7.26. The Bertz CT molecular complexity index is 522. The molecule has 0 bridgehead atoms. The average Bonchev–Trinajstić information content (AvgIpc) is 2.68. The SMILES string of the molecule is CCCCCCCCCCCCCCCOC(=O)c1ccc(C(=O)O)cc1. The van der Waals surface area contributed by atoms with Crippen molar-refractivity contribution in [3.05, 3.63) is 35.4 Å². The molecular weight excluding hydrogens is 340 g/mol. The highest BCUT2D eigenvalue weighted by atomic mass is 16.5. The molecule has 1 N–H and O–H groups in total. The zero-order chi connectivity index (χ0) is 19.7. The van der Waals surface area contributed by atoms with E-state index in [9.17, 15) is 9.59 Å². The highest BCUT2D eigenvalue weighted by Crippen LogP contribution is 2.13. The van der Waals surface area contributed by atoms with E-state index in [4.69, 9.17) is 9.84 Å². The van der Waals surface area contributed by atoms with E-state index in [0.29, 0.717) is 12.2 Å². The van der Waals surface area contributed by atoms with E-state index in [2.05, 4.69) is 6.92 Å². The average molecular weight is 377 g/mol. The first-order valence-electron chi connectivity index (χ1n) is 10.7. The van der Waals surface area contributed by atoms with Gasteiger partial charge in [-0.2, -0.15) is 0 Å². The molecule has 0 heterocycles. The number of ether oxygens (including phenoxy) is 1. The summed E-state index contributed by atoms with van der Waals surface area (Å²) in [6.07, 6.45) is 16.7. The number of esters is 1. The van der Waals surface area contributed by atoms with E-state index in [1.807, 2.05) is 0 Å². The molecule has 27 heavy (non-hydrogen) atoms. The van der Waals surface area contributed by atoms with Gasteiger partial charge in [0.25, 0.3) is 0 Å². The Labute approximate surface area is 164 Å². The molecule has 0 radical (unpaired) electrons. The van der Waals surface area contributed by atoms with Crippen LogP contribution in [0.15, 0.2) is 24.3 Å². The third kappa shape index (κ3) is 11.5. The van der Waals surface area contributed by atoms with Gasteiger partial charge in [0.2, 0.25) is 0 Å². The Kier molecular flexibility index (Phi) is 13.1. The van der Waals surface area contributed by atoms with Crippen LogP contribution in [0.4, 0.5) is 0 Å². The fourth-order valence-corrected chi connectivity index (χ4v) is 3.12. The van der Waals surface area contributed by atoms with Crippen molar-refractivity contribution in [1.29, 1.82) is 0 Å². The van der Waals surface area contributed by atoms with Crippen LogP contribution in [0.2, 0.25) is 0 Å². The number of benzene rings is 1. The summed E-state index contributed by atoms with van der Waals surface area (Å²) in [6, 6.07) is 5.83. The van der Waals surface area contributed by atoms with E-state index in [1.54, 1.807) is 0 Å². The summed E-state index contributed by atoms with van der Waals surface area (Å²) in [5.74, 6) is -1.38. The van der Waals surface area contributed by atoms with Crippen LogP contribution in [0.1, 0.15) is 111 Å². The number of carbonyl (C=O) groups excluding carboxylic acids is 1. The predicted octanol–water partition coefficient (Wildman–Crippen LogP) is 6.63. The molecule has 1 rings (SSSR count). The fraction of sp³-hybridized carbons (Fsp3) is 0.652. The lowest BCUT2D eigenvalue weighted by molar-refractivity contribution is 0.0496. The molecule has 1 aromatic rings. The molecule has 0 aliphatic heterocycles. The molecule has 4 nitrogen and oxygen atoms in total. The van der Waals surface area contributed by atoms with Gasteiger partial charge in [0.1, 0.15) is 0 Å². The number of carboxylic acid groups (broad SMARTS) is 1. The van der Waals surface area contributed by atoms with E-state index in [-0.39, 0.29) is 11.5 Å². The molecule has 0 fully saturated rings. The summed E-state index contributed by atoms with van der Waals surface area (Å²) >= 11 is 0. The van der Waals surface area contributed by atoms with Crippen LogP contribution in [-0.4, -0.2) is 23.7 Å². The molecule has 0 aliphatic carbocycles. The molecule has 152 valence electrons. The lowest BCUT2D eigenvalue weighted by Crippen LogP contribution is -2.07. The first kappa shape index (κ1) is 23.2. The van der Waals surface area contributed by atoms with Crippen molar-refractivity contribution in [2.75, 3.05) is 6.61 Å². The normalized spacial score (nSPS) is 10.7. The third-order valence-corrected chi connectivity index (χ3v) is 4.85. The molecule has 0 saturated heterocycles. The molecule has 0 saturated carbocycles. The third-order valence-electron chi connectivity index (χ3n) is 4.85. The number of rotatable bonds is 16. The van der Waals surface area contributed by atoms with Crippen LogP contribution in [0, 0.1) is 0 Å². The number of hydrogen-bond acceptors (Lipinski definition) is 3. The molecule has 0 unspecified atom stereocenters. The van der Waals surface area contributed by atoms with Crippen molar-refractivity contribution in [2.45, 2.75) is 90.4 Å². The van der Waals surface area contributed by atoms with Crippen LogP contribution in [0.3, 0.4) is 0 Å². The van der Waals surface area contributed by atoms with Crippen LogP contribution >= 0.6 is 0 Å². The summed E-state index contributed by atoms with van der Waals surface area (Å²) in [6.45, 7) is 2.68. The summed E-state index contributed by atoms with van der Waals surface area (Å²) < 4.78 is 5.24. The van der Waals surface area contributed by atoms with Gasteiger partial charge in [0.15, 0.2) is 0 Å². The van der Waals surface area contributed by atoms with E-state index in [0.717, 1.165) is 12.8 Å². The monoisotopic (exact) mass is 376 g/mol. The van der Waals surface area contributed by atoms with Crippen molar-refractivity contribution in [1.82, 2.24) is 0 Å². The fourth-order valence-electron chi connectivity index (χ4n) is 3.12. The maximum absolute atomic E-state index is 11.9. The minimum absolute atomic E-state index is 0.169. The molecule has 4 heteroatoms. The molecule has 0 spiro atoms. The van der Waals surface area contributed by atoms with Gasteiger partial charge in [-0.1, -0.05) is 84.0 Å². The molecule has 0 atom stereocenters. The number of aromatic carboxylic acids is 1. The Morgan fingerprint density at radius 1 is 0.704 bits per heavy atom. The Balaban J connectivity index is 1.92. The molecule has 0 aliphatic rings. The van der Waals surface area contributed by atoms with Crippen molar-refractivity contribution in [2.24, 2.45) is 0 Å². The molecule has 0 aromatic heterocycles. The zero-order valence-corrected chi connectivity index (χ0v) is 16.9. The van der Waals surface area contributed by atoms with E-state index in [1.165, 1.54) is 94.9 Å². The van der Waals surface area contributed by atoms with Gasteiger partial charge in [-0.15, -0.1) is 0 Å². The minimum Gasteiger partial charge on any atom is -0.478 e. The van der Waals surface area contributed by atoms with E-state index < -0.39 is 5.97 Å². The highest BCUT2D eigenvalue weighted by molar-refractivity contribution is 5.92. The smallest absolute Gasteiger partial charge is 0.338 e. The van der Waals surface area contributed by atoms with Crippen LogP contribution in [0.5, 0.6) is 0 Å². The van der Waals surface area contributed by atoms with Gasteiger partial charge in [-0.05, 0) is 30.7 Å². The highest BCUT2D eigenvalue weighted by Gasteiger charge is 2.08.